The molecule has 3 rings (SSSR count). The summed E-state index contributed by atoms with van der Waals surface area (Å²) in [5.74, 6) is 0.642. The Labute approximate surface area is 122 Å². The zero-order chi connectivity index (χ0) is 14.7. The van der Waals surface area contributed by atoms with Crippen LogP contribution in [0.5, 0.6) is 5.75 Å². The van der Waals surface area contributed by atoms with E-state index in [1.807, 2.05) is 24.3 Å². The first-order valence-electron chi connectivity index (χ1n) is 6.95. The number of nitrogens with one attached hydrogen (secondary N) is 1. The molecule has 21 heavy (non-hydrogen) atoms. The Bertz CT molecular complexity index is 657. The van der Waals surface area contributed by atoms with E-state index >= 15 is 0 Å². The lowest BCUT2D eigenvalue weighted by Crippen LogP contribution is -2.30. The molecule has 0 spiro atoms. The molecule has 1 heterocycles. The summed E-state index contributed by atoms with van der Waals surface area (Å²) in [5.41, 5.74) is 1.80. The molecule has 1 unspecified atom stereocenters. The van der Waals surface area contributed by atoms with Gasteiger partial charge in [0.2, 0.25) is 5.91 Å². The third kappa shape index (κ3) is 3.21. The molecule has 0 saturated heterocycles. The van der Waals surface area contributed by atoms with Gasteiger partial charge in [0.15, 0.2) is 0 Å². The number of fused-ring (bicyclic) bond motifs is 1. The Balaban J connectivity index is 1.55. The second-order valence-electron chi connectivity index (χ2n) is 5.16. The van der Waals surface area contributed by atoms with Crippen molar-refractivity contribution in [2.45, 2.75) is 12.3 Å². The standard InChI is InChI=1S/C17H16FNO2/c18-14-5-3-4-12(8-14)9-17(20)19-10-13-11-21-16-7-2-1-6-15(13)16/h1-8,13H,9-11H2,(H,19,20). The molecule has 1 N–H and O–H groups in total. The van der Waals surface area contributed by atoms with Crippen molar-refractivity contribution in [3.63, 3.8) is 0 Å². The highest BCUT2D eigenvalue weighted by molar-refractivity contribution is 5.78. The highest BCUT2D eigenvalue weighted by Crippen LogP contribution is 2.32. The van der Waals surface area contributed by atoms with Crippen LogP contribution in [0.15, 0.2) is 48.5 Å². The second kappa shape index (κ2) is 5.95. The monoisotopic (exact) mass is 285 g/mol. The number of rotatable bonds is 4. The number of amides is 1. The third-order valence-electron chi connectivity index (χ3n) is 3.60. The maximum absolute atomic E-state index is 13.1. The lowest BCUT2D eigenvalue weighted by atomic mass is 10.0. The summed E-state index contributed by atoms with van der Waals surface area (Å²) >= 11 is 0. The Morgan fingerprint density at radius 3 is 2.95 bits per heavy atom. The average Bonchev–Trinajstić information content (AvgIpc) is 2.88. The minimum Gasteiger partial charge on any atom is -0.493 e. The van der Waals surface area contributed by atoms with E-state index < -0.39 is 0 Å². The van der Waals surface area contributed by atoms with Gasteiger partial charge in [-0.1, -0.05) is 30.3 Å². The van der Waals surface area contributed by atoms with Crippen molar-refractivity contribution in [2.75, 3.05) is 13.2 Å². The van der Waals surface area contributed by atoms with Crippen molar-refractivity contribution in [3.05, 3.63) is 65.5 Å². The van der Waals surface area contributed by atoms with Gasteiger partial charge in [-0.05, 0) is 23.8 Å². The van der Waals surface area contributed by atoms with Crippen LogP contribution in [0.4, 0.5) is 4.39 Å². The quantitative estimate of drug-likeness (QED) is 0.938. The zero-order valence-electron chi connectivity index (χ0n) is 11.5. The Kier molecular flexibility index (Phi) is 3.86. The Morgan fingerprint density at radius 2 is 2.10 bits per heavy atom. The molecule has 1 atom stereocenters. The third-order valence-corrected chi connectivity index (χ3v) is 3.60. The first-order chi connectivity index (χ1) is 10.2. The number of ether oxygens (including phenoxy) is 1. The largest absolute Gasteiger partial charge is 0.493 e. The van der Waals surface area contributed by atoms with Gasteiger partial charge in [-0.3, -0.25) is 4.79 Å². The fourth-order valence-corrected chi connectivity index (χ4v) is 2.53. The van der Waals surface area contributed by atoms with Crippen molar-refractivity contribution < 1.29 is 13.9 Å². The van der Waals surface area contributed by atoms with E-state index in [9.17, 15) is 9.18 Å². The van der Waals surface area contributed by atoms with Gasteiger partial charge >= 0.3 is 0 Å². The normalized spacial score (nSPS) is 16.1. The van der Waals surface area contributed by atoms with Crippen LogP contribution < -0.4 is 10.1 Å². The molecule has 0 fully saturated rings. The maximum Gasteiger partial charge on any atom is 0.224 e. The van der Waals surface area contributed by atoms with E-state index in [4.69, 9.17) is 4.74 Å². The molecule has 1 aliphatic rings. The summed E-state index contributed by atoms with van der Waals surface area (Å²) in [7, 11) is 0. The predicted octanol–water partition coefficient (Wildman–Crippen LogP) is 2.66. The van der Waals surface area contributed by atoms with Gasteiger partial charge in [0, 0.05) is 18.0 Å². The summed E-state index contributed by atoms with van der Waals surface area (Å²) in [5, 5.41) is 2.89. The van der Waals surface area contributed by atoms with E-state index in [1.165, 1.54) is 12.1 Å². The molecular weight excluding hydrogens is 269 g/mol. The van der Waals surface area contributed by atoms with Crippen molar-refractivity contribution in [1.82, 2.24) is 5.32 Å². The van der Waals surface area contributed by atoms with Crippen LogP contribution in [0.2, 0.25) is 0 Å². The number of benzene rings is 2. The number of para-hydroxylation sites is 1. The Hall–Kier alpha value is -2.36. The molecule has 0 bridgehead atoms. The summed E-state index contributed by atoms with van der Waals surface area (Å²) in [6.45, 7) is 1.12. The molecule has 1 aliphatic heterocycles. The Morgan fingerprint density at radius 1 is 1.24 bits per heavy atom. The molecule has 0 aliphatic carbocycles. The van der Waals surface area contributed by atoms with Crippen LogP contribution >= 0.6 is 0 Å². The zero-order valence-corrected chi connectivity index (χ0v) is 11.5. The topological polar surface area (TPSA) is 38.3 Å². The molecule has 108 valence electrons. The molecular formula is C17H16FNO2. The fourth-order valence-electron chi connectivity index (χ4n) is 2.53. The summed E-state index contributed by atoms with van der Waals surface area (Å²) in [6.07, 6.45) is 0.187. The molecule has 4 heteroatoms. The molecule has 0 radical (unpaired) electrons. The number of carbonyl (C=O) groups excluding carboxylic acids is 1. The van der Waals surface area contributed by atoms with Crippen LogP contribution in [-0.4, -0.2) is 19.1 Å². The molecule has 1 amide bonds. The number of halogens is 1. The lowest BCUT2D eigenvalue weighted by molar-refractivity contribution is -0.120. The summed E-state index contributed by atoms with van der Waals surface area (Å²) in [6, 6.07) is 14.0. The van der Waals surface area contributed by atoms with Gasteiger partial charge in [-0.15, -0.1) is 0 Å². The summed E-state index contributed by atoms with van der Waals surface area (Å²) < 4.78 is 18.6. The average molecular weight is 285 g/mol. The van der Waals surface area contributed by atoms with Crippen LogP contribution in [0, 0.1) is 5.82 Å². The van der Waals surface area contributed by atoms with Gasteiger partial charge < -0.3 is 10.1 Å². The van der Waals surface area contributed by atoms with E-state index in [-0.39, 0.29) is 24.1 Å². The molecule has 0 aromatic heterocycles. The van der Waals surface area contributed by atoms with Crippen LogP contribution in [0.25, 0.3) is 0 Å². The highest BCUT2D eigenvalue weighted by atomic mass is 19.1. The number of hydrogen-bond donors (Lipinski definition) is 1. The van der Waals surface area contributed by atoms with Crippen molar-refractivity contribution in [2.24, 2.45) is 0 Å². The van der Waals surface area contributed by atoms with E-state index in [0.29, 0.717) is 18.7 Å². The van der Waals surface area contributed by atoms with E-state index in [2.05, 4.69) is 5.32 Å². The predicted molar refractivity (Wildman–Crippen MR) is 77.8 cm³/mol. The van der Waals surface area contributed by atoms with E-state index in [0.717, 1.165) is 11.3 Å². The smallest absolute Gasteiger partial charge is 0.224 e. The fraction of sp³-hybridized carbons (Fsp3) is 0.235. The van der Waals surface area contributed by atoms with Gasteiger partial charge in [-0.2, -0.15) is 0 Å². The second-order valence-corrected chi connectivity index (χ2v) is 5.16. The summed E-state index contributed by atoms with van der Waals surface area (Å²) in [4.78, 5) is 11.9. The first kappa shape index (κ1) is 13.6. The molecule has 3 nitrogen and oxygen atoms in total. The highest BCUT2D eigenvalue weighted by Gasteiger charge is 2.23. The minimum absolute atomic E-state index is 0.106. The van der Waals surface area contributed by atoms with Crippen LogP contribution in [-0.2, 0) is 11.2 Å². The maximum atomic E-state index is 13.1. The molecule has 2 aromatic rings. The van der Waals surface area contributed by atoms with Crippen molar-refractivity contribution in [1.29, 1.82) is 0 Å². The molecule has 0 saturated carbocycles. The lowest BCUT2D eigenvalue weighted by Gasteiger charge is -2.10. The SMILES string of the molecule is O=C(Cc1cccc(F)c1)NCC1COc2ccccc21. The van der Waals surface area contributed by atoms with Gasteiger partial charge in [0.05, 0.1) is 13.0 Å². The minimum atomic E-state index is -0.321. The van der Waals surface area contributed by atoms with E-state index in [1.54, 1.807) is 12.1 Å². The van der Waals surface area contributed by atoms with Gasteiger partial charge in [-0.25, -0.2) is 4.39 Å². The number of carbonyl (C=O) groups is 1. The first-order valence-corrected chi connectivity index (χ1v) is 6.95. The number of hydrogen-bond acceptors (Lipinski definition) is 2. The van der Waals surface area contributed by atoms with Gasteiger partial charge in [0.25, 0.3) is 0 Å². The van der Waals surface area contributed by atoms with Crippen LogP contribution in [0.3, 0.4) is 0 Å². The van der Waals surface area contributed by atoms with Crippen LogP contribution in [0.1, 0.15) is 17.0 Å². The molecule has 2 aromatic carbocycles. The van der Waals surface area contributed by atoms with Crippen molar-refractivity contribution in [3.8, 4) is 5.75 Å². The van der Waals surface area contributed by atoms with Crippen molar-refractivity contribution >= 4 is 5.91 Å². The van der Waals surface area contributed by atoms with Gasteiger partial charge in [0.1, 0.15) is 11.6 Å².